The fraction of sp³-hybridized carbons (Fsp3) is 0.250. The van der Waals surface area contributed by atoms with Crippen LogP contribution in [0.3, 0.4) is 0 Å². The van der Waals surface area contributed by atoms with E-state index in [1.54, 1.807) is 18.5 Å². The average molecular weight is 532 g/mol. The number of aromatic nitrogens is 6. The number of nitrogens with zero attached hydrogens (tertiary/aromatic N) is 4. The number of rotatable bonds is 7. The molecule has 200 valence electrons. The number of fused-ring (bicyclic) bond motifs is 2. The summed E-state index contributed by atoms with van der Waals surface area (Å²) in [6, 6.07) is 13.2. The molecule has 7 rings (SSSR count). The van der Waals surface area contributed by atoms with Crippen LogP contribution in [0.5, 0.6) is 0 Å². The van der Waals surface area contributed by atoms with Crippen LogP contribution in [-0.4, -0.2) is 36.7 Å². The largest absolute Gasteiger partial charge is 0.352 e. The van der Waals surface area contributed by atoms with Crippen molar-refractivity contribution in [1.82, 2.24) is 35.5 Å². The zero-order chi connectivity index (χ0) is 27.1. The van der Waals surface area contributed by atoms with Crippen LogP contribution in [0.1, 0.15) is 36.8 Å². The highest BCUT2D eigenvalue weighted by atomic mass is 19.1. The van der Waals surface area contributed by atoms with Crippen LogP contribution < -0.4 is 5.32 Å². The summed E-state index contributed by atoms with van der Waals surface area (Å²) in [6.07, 6.45) is 12.7. The van der Waals surface area contributed by atoms with Gasteiger partial charge in [0.25, 0.3) is 0 Å². The Morgan fingerprint density at radius 3 is 2.67 bits per heavy atom. The number of aromatic amines is 2. The van der Waals surface area contributed by atoms with Gasteiger partial charge in [-0.15, -0.1) is 0 Å². The van der Waals surface area contributed by atoms with E-state index in [9.17, 15) is 4.39 Å². The van der Waals surface area contributed by atoms with Crippen molar-refractivity contribution >= 4 is 21.9 Å². The Kier molecular flexibility index (Phi) is 6.32. The van der Waals surface area contributed by atoms with Crippen molar-refractivity contribution in [3.63, 3.8) is 0 Å². The topological polar surface area (TPSA) is 95.2 Å². The van der Waals surface area contributed by atoms with Gasteiger partial charge in [-0.2, -0.15) is 5.10 Å². The lowest BCUT2D eigenvalue weighted by Crippen LogP contribution is -2.20. The van der Waals surface area contributed by atoms with Gasteiger partial charge in [-0.25, -0.2) is 9.37 Å². The highest BCUT2D eigenvalue weighted by molar-refractivity contribution is 6.00. The molecule has 7 nitrogen and oxygen atoms in total. The standard InChI is InChI=1S/C32H30FN7/c1-19-8-22(11-24(33)9-19)26-17-36-18-30-25(26)12-29(37-30)32-31-28(39-40-32)7-6-27(38-31)23-10-21(15-35-16-23)14-34-13-20-4-2-3-5-20/h6-12,15-18,20,34,37H,2-5,13-14H2,1H3,(H,39,40). The third-order valence-corrected chi connectivity index (χ3v) is 7.89. The van der Waals surface area contributed by atoms with Gasteiger partial charge in [-0.1, -0.05) is 18.9 Å². The summed E-state index contributed by atoms with van der Waals surface area (Å²) in [7, 11) is 0. The quantitative estimate of drug-likeness (QED) is 0.207. The average Bonchev–Trinajstić information content (AvgIpc) is 3.71. The van der Waals surface area contributed by atoms with Gasteiger partial charge in [-0.3, -0.25) is 15.1 Å². The molecule has 5 aromatic heterocycles. The Morgan fingerprint density at radius 1 is 0.925 bits per heavy atom. The van der Waals surface area contributed by atoms with E-state index in [-0.39, 0.29) is 5.82 Å². The molecule has 0 unspecified atom stereocenters. The minimum atomic E-state index is -0.263. The zero-order valence-corrected chi connectivity index (χ0v) is 22.3. The first-order valence-corrected chi connectivity index (χ1v) is 13.9. The van der Waals surface area contributed by atoms with Gasteiger partial charge in [-0.05, 0) is 85.3 Å². The van der Waals surface area contributed by atoms with Crippen molar-refractivity contribution in [2.45, 2.75) is 39.2 Å². The van der Waals surface area contributed by atoms with Crippen LogP contribution in [-0.2, 0) is 6.54 Å². The SMILES string of the molecule is Cc1cc(F)cc(-c2cncc3[nH]c(-c4n[nH]c5ccc(-c6cncc(CNCC7CCCC7)c6)nc45)cc23)c1. The fourth-order valence-electron chi connectivity index (χ4n) is 5.91. The smallest absolute Gasteiger partial charge is 0.135 e. The van der Waals surface area contributed by atoms with Crippen LogP contribution >= 0.6 is 0 Å². The maximum atomic E-state index is 14.2. The maximum Gasteiger partial charge on any atom is 0.135 e. The van der Waals surface area contributed by atoms with Gasteiger partial charge in [0.05, 0.1) is 28.6 Å². The minimum absolute atomic E-state index is 0.263. The molecule has 0 saturated heterocycles. The Balaban J connectivity index is 1.21. The highest BCUT2D eigenvalue weighted by Gasteiger charge is 2.17. The van der Waals surface area contributed by atoms with Gasteiger partial charge in [0.1, 0.15) is 17.0 Å². The summed E-state index contributed by atoms with van der Waals surface area (Å²) >= 11 is 0. The number of halogens is 1. The second-order valence-electron chi connectivity index (χ2n) is 10.9. The molecule has 1 aromatic carbocycles. The Bertz CT molecular complexity index is 1810. The molecule has 40 heavy (non-hydrogen) atoms. The maximum absolute atomic E-state index is 14.2. The molecule has 0 amide bonds. The molecule has 6 aromatic rings. The van der Waals surface area contributed by atoms with E-state index in [4.69, 9.17) is 4.98 Å². The zero-order valence-electron chi connectivity index (χ0n) is 22.3. The summed E-state index contributed by atoms with van der Waals surface area (Å²) in [4.78, 5) is 17.3. The van der Waals surface area contributed by atoms with E-state index in [0.717, 1.165) is 85.8 Å². The Morgan fingerprint density at radius 2 is 1.80 bits per heavy atom. The van der Waals surface area contributed by atoms with Gasteiger partial charge < -0.3 is 10.3 Å². The molecule has 1 aliphatic rings. The second kappa shape index (κ2) is 10.3. The van der Waals surface area contributed by atoms with Gasteiger partial charge >= 0.3 is 0 Å². The molecule has 1 fully saturated rings. The molecule has 1 saturated carbocycles. The molecular formula is C32H30FN7. The van der Waals surface area contributed by atoms with E-state index in [0.29, 0.717) is 0 Å². The highest BCUT2D eigenvalue weighted by Crippen LogP contribution is 2.34. The summed E-state index contributed by atoms with van der Waals surface area (Å²) in [5.74, 6) is 0.537. The lowest BCUT2D eigenvalue weighted by Gasteiger charge is -2.11. The summed E-state index contributed by atoms with van der Waals surface area (Å²) < 4.78 is 14.2. The van der Waals surface area contributed by atoms with E-state index < -0.39 is 0 Å². The molecule has 3 N–H and O–H groups in total. The summed E-state index contributed by atoms with van der Waals surface area (Å²) in [6.45, 7) is 3.75. The third kappa shape index (κ3) is 4.75. The normalized spacial score (nSPS) is 14.1. The van der Waals surface area contributed by atoms with Crippen LogP contribution in [0.15, 0.2) is 67.3 Å². The monoisotopic (exact) mass is 531 g/mol. The van der Waals surface area contributed by atoms with E-state index >= 15 is 0 Å². The molecule has 1 aliphatic carbocycles. The lowest BCUT2D eigenvalue weighted by molar-refractivity contribution is 0.489. The molecule has 8 heteroatoms. The first kappa shape index (κ1) is 24.6. The number of hydrogen-bond acceptors (Lipinski definition) is 5. The Hall–Kier alpha value is -4.43. The van der Waals surface area contributed by atoms with Crippen molar-refractivity contribution in [2.24, 2.45) is 5.92 Å². The number of hydrogen-bond donors (Lipinski definition) is 3. The predicted octanol–water partition coefficient (Wildman–Crippen LogP) is 6.96. The first-order chi connectivity index (χ1) is 19.6. The van der Waals surface area contributed by atoms with Crippen LogP contribution in [0.4, 0.5) is 4.39 Å². The number of aryl methyl sites for hydroxylation is 1. The molecule has 0 atom stereocenters. The number of benzene rings is 1. The third-order valence-electron chi connectivity index (χ3n) is 7.89. The van der Waals surface area contributed by atoms with Crippen molar-refractivity contribution < 1.29 is 4.39 Å². The van der Waals surface area contributed by atoms with Gasteiger partial charge in [0.15, 0.2) is 0 Å². The minimum Gasteiger partial charge on any atom is -0.352 e. The number of nitrogens with one attached hydrogen (secondary N) is 3. The van der Waals surface area contributed by atoms with Crippen LogP contribution in [0.25, 0.3) is 55.7 Å². The van der Waals surface area contributed by atoms with Crippen molar-refractivity contribution in [3.05, 3.63) is 84.2 Å². The summed E-state index contributed by atoms with van der Waals surface area (Å²) in [5.41, 5.74) is 9.47. The van der Waals surface area contributed by atoms with E-state index in [1.165, 1.54) is 31.7 Å². The van der Waals surface area contributed by atoms with Gasteiger partial charge in [0, 0.05) is 41.6 Å². The molecule has 0 radical (unpaired) electrons. The van der Waals surface area contributed by atoms with Crippen molar-refractivity contribution in [2.75, 3.05) is 6.54 Å². The van der Waals surface area contributed by atoms with Gasteiger partial charge in [0.2, 0.25) is 0 Å². The first-order valence-electron chi connectivity index (χ1n) is 13.9. The predicted molar refractivity (Wildman–Crippen MR) is 156 cm³/mol. The van der Waals surface area contributed by atoms with E-state index in [2.05, 4.69) is 36.5 Å². The van der Waals surface area contributed by atoms with Crippen LogP contribution in [0, 0.1) is 18.7 Å². The molecule has 0 aliphatic heterocycles. The van der Waals surface area contributed by atoms with Crippen LogP contribution in [0.2, 0.25) is 0 Å². The number of H-pyrrole nitrogens is 2. The molecule has 0 bridgehead atoms. The Labute approximate surface area is 231 Å². The number of pyridine rings is 3. The molecule has 5 heterocycles. The molecule has 0 spiro atoms. The van der Waals surface area contributed by atoms with Crippen molar-refractivity contribution in [1.29, 1.82) is 0 Å². The summed E-state index contributed by atoms with van der Waals surface area (Å²) in [5, 5.41) is 12.3. The second-order valence-corrected chi connectivity index (χ2v) is 10.9. The molecular weight excluding hydrogens is 501 g/mol. The fourth-order valence-corrected chi connectivity index (χ4v) is 5.91. The van der Waals surface area contributed by atoms with E-state index in [1.807, 2.05) is 43.6 Å². The van der Waals surface area contributed by atoms with Crippen molar-refractivity contribution in [3.8, 4) is 33.8 Å². The lowest BCUT2D eigenvalue weighted by atomic mass is 10.0.